The second kappa shape index (κ2) is 7.87. The fraction of sp³-hybridized carbons (Fsp3) is 0.238. The Morgan fingerprint density at radius 3 is 2.15 bits per heavy atom. The van der Waals surface area contributed by atoms with Crippen molar-refractivity contribution in [2.24, 2.45) is 0 Å². The minimum Gasteiger partial charge on any atom is -0.497 e. The van der Waals surface area contributed by atoms with Crippen molar-refractivity contribution in [2.75, 3.05) is 17.7 Å². The van der Waals surface area contributed by atoms with Gasteiger partial charge in [0.1, 0.15) is 23.2 Å². The van der Waals surface area contributed by atoms with E-state index in [0.29, 0.717) is 6.54 Å². The lowest BCUT2D eigenvalue weighted by atomic mass is 10.1. The zero-order valence-electron chi connectivity index (χ0n) is 15.6. The van der Waals surface area contributed by atoms with E-state index in [1.807, 2.05) is 37.3 Å². The van der Waals surface area contributed by atoms with Gasteiger partial charge in [0, 0.05) is 18.3 Å². The Labute approximate surface area is 154 Å². The van der Waals surface area contributed by atoms with Crippen LogP contribution in [0.4, 0.5) is 17.3 Å². The van der Waals surface area contributed by atoms with Gasteiger partial charge in [0.25, 0.3) is 0 Å². The Morgan fingerprint density at radius 1 is 0.846 bits per heavy atom. The smallest absolute Gasteiger partial charge is 0.136 e. The number of nitrogens with one attached hydrogen (secondary N) is 2. The van der Waals surface area contributed by atoms with E-state index in [9.17, 15) is 0 Å². The van der Waals surface area contributed by atoms with Crippen molar-refractivity contribution in [3.05, 3.63) is 71.0 Å². The lowest BCUT2D eigenvalue weighted by Crippen LogP contribution is -2.05. The van der Waals surface area contributed by atoms with Gasteiger partial charge in [-0.3, -0.25) is 0 Å². The molecule has 0 aliphatic heterocycles. The molecule has 5 nitrogen and oxygen atoms in total. The number of aromatic nitrogens is 2. The summed E-state index contributed by atoms with van der Waals surface area (Å²) in [6.07, 6.45) is 0. The van der Waals surface area contributed by atoms with Crippen LogP contribution in [0.5, 0.6) is 5.75 Å². The molecule has 3 aromatic rings. The van der Waals surface area contributed by atoms with Crippen LogP contribution in [0.2, 0.25) is 0 Å². The molecule has 0 saturated heterocycles. The number of nitrogens with zero attached hydrogens (tertiary/aromatic N) is 2. The fourth-order valence-corrected chi connectivity index (χ4v) is 2.85. The number of benzene rings is 2. The third kappa shape index (κ3) is 4.72. The molecule has 0 amide bonds. The van der Waals surface area contributed by atoms with Crippen LogP contribution in [0, 0.1) is 20.8 Å². The zero-order valence-corrected chi connectivity index (χ0v) is 15.6. The molecule has 1 heterocycles. The summed E-state index contributed by atoms with van der Waals surface area (Å²) in [4.78, 5) is 8.96. The SMILES string of the molecule is COc1ccc(CNc2cc(Nc3cc(C)cc(C)c3)nc(C)n2)cc1. The second-order valence-corrected chi connectivity index (χ2v) is 6.39. The van der Waals surface area contributed by atoms with Gasteiger partial charge in [-0.05, 0) is 61.7 Å². The molecule has 0 aliphatic rings. The van der Waals surface area contributed by atoms with Gasteiger partial charge in [-0.15, -0.1) is 0 Å². The van der Waals surface area contributed by atoms with Crippen LogP contribution in [-0.2, 0) is 6.54 Å². The molecule has 134 valence electrons. The first-order valence-electron chi connectivity index (χ1n) is 8.59. The highest BCUT2D eigenvalue weighted by Crippen LogP contribution is 2.20. The quantitative estimate of drug-likeness (QED) is 0.672. The molecule has 2 aromatic carbocycles. The van der Waals surface area contributed by atoms with Crippen LogP contribution in [-0.4, -0.2) is 17.1 Å². The molecular weight excluding hydrogens is 324 g/mol. The number of anilines is 3. The van der Waals surface area contributed by atoms with E-state index in [4.69, 9.17) is 4.74 Å². The molecule has 5 heteroatoms. The summed E-state index contributed by atoms with van der Waals surface area (Å²) >= 11 is 0. The van der Waals surface area contributed by atoms with Gasteiger partial charge in [-0.2, -0.15) is 0 Å². The van der Waals surface area contributed by atoms with E-state index in [-0.39, 0.29) is 0 Å². The lowest BCUT2D eigenvalue weighted by molar-refractivity contribution is 0.414. The summed E-state index contributed by atoms with van der Waals surface area (Å²) in [6.45, 7) is 6.76. The van der Waals surface area contributed by atoms with E-state index >= 15 is 0 Å². The first-order valence-corrected chi connectivity index (χ1v) is 8.59. The topological polar surface area (TPSA) is 59.1 Å². The summed E-state index contributed by atoms with van der Waals surface area (Å²) < 4.78 is 5.19. The minimum absolute atomic E-state index is 0.684. The molecule has 0 radical (unpaired) electrons. The lowest BCUT2D eigenvalue weighted by Gasteiger charge is -2.11. The van der Waals surface area contributed by atoms with Gasteiger partial charge >= 0.3 is 0 Å². The van der Waals surface area contributed by atoms with E-state index in [0.717, 1.165) is 34.5 Å². The number of rotatable bonds is 6. The number of hydrogen-bond donors (Lipinski definition) is 2. The molecule has 0 bridgehead atoms. The Morgan fingerprint density at radius 2 is 1.50 bits per heavy atom. The van der Waals surface area contributed by atoms with Crippen molar-refractivity contribution in [3.63, 3.8) is 0 Å². The van der Waals surface area contributed by atoms with E-state index in [1.54, 1.807) is 7.11 Å². The molecule has 2 N–H and O–H groups in total. The predicted octanol–water partition coefficient (Wildman–Crippen LogP) is 4.77. The van der Waals surface area contributed by atoms with Gasteiger partial charge in [0.05, 0.1) is 7.11 Å². The van der Waals surface area contributed by atoms with E-state index < -0.39 is 0 Å². The standard InChI is InChI=1S/C21H24N4O/c1-14-9-15(2)11-18(10-14)25-21-12-20(23-16(3)24-21)22-13-17-5-7-19(26-4)8-6-17/h5-12H,13H2,1-4H3,(H2,22,23,24,25). The molecule has 0 aliphatic carbocycles. The normalized spacial score (nSPS) is 10.5. The maximum absolute atomic E-state index is 5.19. The minimum atomic E-state index is 0.684. The van der Waals surface area contributed by atoms with Gasteiger partial charge in [0.15, 0.2) is 0 Å². The fourth-order valence-electron chi connectivity index (χ4n) is 2.85. The van der Waals surface area contributed by atoms with Crippen molar-refractivity contribution in [2.45, 2.75) is 27.3 Å². The Kier molecular flexibility index (Phi) is 5.37. The maximum Gasteiger partial charge on any atom is 0.136 e. The molecule has 1 aromatic heterocycles. The van der Waals surface area contributed by atoms with Crippen molar-refractivity contribution in [1.82, 2.24) is 9.97 Å². The first-order chi connectivity index (χ1) is 12.5. The average Bonchev–Trinajstić information content (AvgIpc) is 2.59. The van der Waals surface area contributed by atoms with Crippen LogP contribution in [0.25, 0.3) is 0 Å². The summed E-state index contributed by atoms with van der Waals surface area (Å²) in [7, 11) is 1.67. The number of methoxy groups -OCH3 is 1. The summed E-state index contributed by atoms with van der Waals surface area (Å²) in [5.41, 5.74) is 4.62. The molecule has 0 atom stereocenters. The van der Waals surface area contributed by atoms with Gasteiger partial charge in [0.2, 0.25) is 0 Å². The number of aryl methyl sites for hydroxylation is 3. The van der Waals surface area contributed by atoms with Crippen LogP contribution in [0.15, 0.2) is 48.5 Å². The predicted molar refractivity (Wildman–Crippen MR) is 106 cm³/mol. The molecule has 0 fully saturated rings. The molecule has 0 saturated carbocycles. The highest BCUT2D eigenvalue weighted by atomic mass is 16.5. The Balaban J connectivity index is 1.72. The van der Waals surface area contributed by atoms with E-state index in [2.05, 4.69) is 52.6 Å². The van der Waals surface area contributed by atoms with Crippen LogP contribution in [0.3, 0.4) is 0 Å². The molecular formula is C21H24N4O. The highest BCUT2D eigenvalue weighted by molar-refractivity contribution is 5.61. The third-order valence-corrected chi connectivity index (χ3v) is 3.96. The largest absolute Gasteiger partial charge is 0.497 e. The molecule has 0 spiro atoms. The summed E-state index contributed by atoms with van der Waals surface area (Å²) in [5.74, 6) is 3.14. The van der Waals surface area contributed by atoms with Crippen molar-refractivity contribution in [1.29, 1.82) is 0 Å². The van der Waals surface area contributed by atoms with Crippen molar-refractivity contribution < 1.29 is 4.74 Å². The van der Waals surface area contributed by atoms with Crippen LogP contribution < -0.4 is 15.4 Å². The van der Waals surface area contributed by atoms with Crippen LogP contribution >= 0.6 is 0 Å². The van der Waals surface area contributed by atoms with Gasteiger partial charge in [-0.25, -0.2) is 9.97 Å². The average molecular weight is 348 g/mol. The van der Waals surface area contributed by atoms with Gasteiger partial charge in [-0.1, -0.05) is 18.2 Å². The highest BCUT2D eigenvalue weighted by Gasteiger charge is 2.04. The van der Waals surface area contributed by atoms with Crippen molar-refractivity contribution in [3.8, 4) is 5.75 Å². The third-order valence-electron chi connectivity index (χ3n) is 3.96. The van der Waals surface area contributed by atoms with Crippen LogP contribution in [0.1, 0.15) is 22.5 Å². The Bertz CT molecular complexity index is 871. The Hall–Kier alpha value is -3.08. The summed E-state index contributed by atoms with van der Waals surface area (Å²) in [6, 6.07) is 16.3. The monoisotopic (exact) mass is 348 g/mol. The maximum atomic E-state index is 5.19. The molecule has 0 unspecified atom stereocenters. The van der Waals surface area contributed by atoms with Crippen molar-refractivity contribution >= 4 is 17.3 Å². The number of hydrogen-bond acceptors (Lipinski definition) is 5. The molecule has 26 heavy (non-hydrogen) atoms. The number of ether oxygens (including phenoxy) is 1. The first kappa shape index (κ1) is 17.7. The zero-order chi connectivity index (χ0) is 18.5. The molecule has 3 rings (SSSR count). The van der Waals surface area contributed by atoms with Gasteiger partial charge < -0.3 is 15.4 Å². The summed E-state index contributed by atoms with van der Waals surface area (Å²) in [5, 5.41) is 6.73. The second-order valence-electron chi connectivity index (χ2n) is 6.39. The van der Waals surface area contributed by atoms with E-state index in [1.165, 1.54) is 11.1 Å².